The number of rotatable bonds is 5. The first-order valence-corrected chi connectivity index (χ1v) is 8.51. The van der Waals surface area contributed by atoms with Gasteiger partial charge in [-0.1, -0.05) is 26.0 Å². The highest BCUT2D eigenvalue weighted by molar-refractivity contribution is 6.07. The molecule has 0 aromatic heterocycles. The Hall–Kier alpha value is -3.02. The summed E-state index contributed by atoms with van der Waals surface area (Å²) in [5.41, 5.74) is 1.71. The van der Waals surface area contributed by atoms with E-state index in [-0.39, 0.29) is 18.4 Å². The van der Waals surface area contributed by atoms with Crippen LogP contribution in [0, 0.1) is 5.92 Å². The number of ether oxygens (including phenoxy) is 2. The van der Waals surface area contributed by atoms with Gasteiger partial charge in [-0.05, 0) is 36.2 Å². The van der Waals surface area contributed by atoms with E-state index in [1.807, 2.05) is 0 Å². The predicted octanol–water partition coefficient (Wildman–Crippen LogP) is 3.33. The van der Waals surface area contributed by atoms with E-state index in [2.05, 4.69) is 19.2 Å². The van der Waals surface area contributed by atoms with Gasteiger partial charge in [-0.15, -0.1) is 0 Å². The van der Waals surface area contributed by atoms with Crippen LogP contribution in [0.2, 0.25) is 0 Å². The molecule has 0 radical (unpaired) electrons. The number of benzene rings is 2. The third kappa shape index (κ3) is 3.64. The minimum Gasteiger partial charge on any atom is -0.496 e. The van der Waals surface area contributed by atoms with Crippen molar-refractivity contribution in [1.82, 2.24) is 0 Å². The monoisotopic (exact) mass is 354 g/mol. The van der Waals surface area contributed by atoms with Crippen molar-refractivity contribution in [2.45, 2.75) is 13.8 Å². The van der Waals surface area contributed by atoms with Gasteiger partial charge in [-0.3, -0.25) is 9.59 Å². The quantitative estimate of drug-likeness (QED) is 0.894. The van der Waals surface area contributed by atoms with E-state index in [0.29, 0.717) is 40.9 Å². The lowest BCUT2D eigenvalue weighted by molar-refractivity contribution is -0.121. The van der Waals surface area contributed by atoms with Gasteiger partial charge in [0.25, 0.3) is 11.8 Å². The Morgan fingerprint density at radius 3 is 2.77 bits per heavy atom. The molecule has 2 aromatic carbocycles. The summed E-state index contributed by atoms with van der Waals surface area (Å²) in [5.74, 6) is 1.10. The summed E-state index contributed by atoms with van der Waals surface area (Å²) in [5, 5.41) is 2.86. The fourth-order valence-corrected chi connectivity index (χ4v) is 2.88. The first-order chi connectivity index (χ1) is 12.5. The predicted molar refractivity (Wildman–Crippen MR) is 100 cm³/mol. The largest absolute Gasteiger partial charge is 0.496 e. The molecule has 136 valence electrons. The van der Waals surface area contributed by atoms with Gasteiger partial charge in [-0.2, -0.15) is 0 Å². The van der Waals surface area contributed by atoms with E-state index in [0.717, 1.165) is 0 Å². The van der Waals surface area contributed by atoms with Crippen LogP contribution in [0.3, 0.4) is 0 Å². The second-order valence-electron chi connectivity index (χ2n) is 6.52. The zero-order valence-electron chi connectivity index (χ0n) is 15.1. The second kappa shape index (κ2) is 7.47. The van der Waals surface area contributed by atoms with Crippen LogP contribution in [0.25, 0.3) is 0 Å². The Kier molecular flexibility index (Phi) is 5.11. The highest BCUT2D eigenvalue weighted by Gasteiger charge is 2.26. The summed E-state index contributed by atoms with van der Waals surface area (Å²) < 4.78 is 10.7. The fourth-order valence-electron chi connectivity index (χ4n) is 2.88. The van der Waals surface area contributed by atoms with Crippen LogP contribution in [0.15, 0.2) is 42.5 Å². The van der Waals surface area contributed by atoms with E-state index < -0.39 is 0 Å². The third-order valence-electron chi connectivity index (χ3n) is 4.06. The summed E-state index contributed by atoms with van der Waals surface area (Å²) in [7, 11) is 1.53. The number of hydrogen-bond acceptors (Lipinski definition) is 4. The van der Waals surface area contributed by atoms with Crippen molar-refractivity contribution >= 4 is 23.2 Å². The Morgan fingerprint density at radius 2 is 2.04 bits per heavy atom. The average molecular weight is 354 g/mol. The molecule has 1 aliphatic heterocycles. The summed E-state index contributed by atoms with van der Waals surface area (Å²) >= 11 is 0. The molecule has 1 N–H and O–H groups in total. The molecule has 0 saturated carbocycles. The standard InChI is InChI=1S/C20H22N2O4/c1-13(2)11-22-16-10-14(8-9-18(16)26-12-19(22)23)21-20(24)15-6-4-5-7-17(15)25-3/h4-10,13H,11-12H2,1-3H3,(H,21,24). The zero-order chi connectivity index (χ0) is 18.7. The van der Waals surface area contributed by atoms with Crippen molar-refractivity contribution < 1.29 is 19.1 Å². The minimum absolute atomic E-state index is 0.0344. The highest BCUT2D eigenvalue weighted by Crippen LogP contribution is 2.35. The molecular formula is C20H22N2O4. The second-order valence-corrected chi connectivity index (χ2v) is 6.52. The summed E-state index contributed by atoms with van der Waals surface area (Å²) in [4.78, 5) is 26.5. The van der Waals surface area contributed by atoms with Crippen molar-refractivity contribution in [2.24, 2.45) is 5.92 Å². The van der Waals surface area contributed by atoms with Gasteiger partial charge < -0.3 is 19.7 Å². The summed E-state index contributed by atoms with van der Waals surface area (Å²) in [6, 6.07) is 12.3. The van der Waals surface area contributed by atoms with Gasteiger partial charge in [0.05, 0.1) is 18.4 Å². The van der Waals surface area contributed by atoms with E-state index in [1.54, 1.807) is 47.4 Å². The smallest absolute Gasteiger partial charge is 0.265 e. The normalized spacial score (nSPS) is 13.2. The number of nitrogens with one attached hydrogen (secondary N) is 1. The van der Waals surface area contributed by atoms with Crippen LogP contribution in [0.5, 0.6) is 11.5 Å². The van der Waals surface area contributed by atoms with Crippen LogP contribution in [-0.2, 0) is 4.79 Å². The lowest BCUT2D eigenvalue weighted by Crippen LogP contribution is -2.41. The van der Waals surface area contributed by atoms with Gasteiger partial charge in [0.1, 0.15) is 11.5 Å². The van der Waals surface area contributed by atoms with Gasteiger partial charge >= 0.3 is 0 Å². The van der Waals surface area contributed by atoms with Gasteiger partial charge in [0, 0.05) is 12.2 Å². The van der Waals surface area contributed by atoms with Gasteiger partial charge in [-0.25, -0.2) is 0 Å². The van der Waals surface area contributed by atoms with Crippen LogP contribution >= 0.6 is 0 Å². The van der Waals surface area contributed by atoms with Gasteiger partial charge in [0.15, 0.2) is 6.61 Å². The Balaban J connectivity index is 1.87. The molecule has 0 bridgehead atoms. The fraction of sp³-hybridized carbons (Fsp3) is 0.300. The lowest BCUT2D eigenvalue weighted by Gasteiger charge is -2.31. The topological polar surface area (TPSA) is 67.9 Å². The Morgan fingerprint density at radius 1 is 1.27 bits per heavy atom. The van der Waals surface area contributed by atoms with Crippen LogP contribution < -0.4 is 19.7 Å². The van der Waals surface area contributed by atoms with Gasteiger partial charge in [0.2, 0.25) is 0 Å². The van der Waals surface area contributed by atoms with Crippen LogP contribution in [-0.4, -0.2) is 32.1 Å². The van der Waals surface area contributed by atoms with Crippen molar-refractivity contribution in [2.75, 3.05) is 30.5 Å². The molecule has 26 heavy (non-hydrogen) atoms. The first kappa shape index (κ1) is 17.8. The average Bonchev–Trinajstić information content (AvgIpc) is 2.64. The number of amides is 2. The maximum Gasteiger partial charge on any atom is 0.265 e. The van der Waals surface area contributed by atoms with Crippen molar-refractivity contribution in [3.05, 3.63) is 48.0 Å². The lowest BCUT2D eigenvalue weighted by atomic mass is 10.1. The molecule has 0 saturated heterocycles. The maximum absolute atomic E-state index is 12.6. The molecule has 0 aliphatic carbocycles. The number of carbonyl (C=O) groups is 2. The van der Waals surface area contributed by atoms with E-state index in [9.17, 15) is 9.59 Å². The highest BCUT2D eigenvalue weighted by atomic mass is 16.5. The number of carbonyl (C=O) groups excluding carboxylic acids is 2. The van der Waals surface area contributed by atoms with Crippen molar-refractivity contribution in [1.29, 1.82) is 0 Å². The number of methoxy groups -OCH3 is 1. The zero-order valence-corrected chi connectivity index (χ0v) is 15.1. The molecular weight excluding hydrogens is 332 g/mol. The summed E-state index contributed by atoms with van der Waals surface area (Å²) in [6.07, 6.45) is 0. The molecule has 6 heteroatoms. The third-order valence-corrected chi connectivity index (χ3v) is 4.06. The van der Waals surface area contributed by atoms with Crippen molar-refractivity contribution in [3.63, 3.8) is 0 Å². The molecule has 6 nitrogen and oxygen atoms in total. The number of hydrogen-bond donors (Lipinski definition) is 1. The Bertz CT molecular complexity index is 832. The first-order valence-electron chi connectivity index (χ1n) is 8.51. The molecule has 1 aliphatic rings. The SMILES string of the molecule is COc1ccccc1C(=O)Nc1ccc2c(c1)N(CC(C)C)C(=O)CO2. The molecule has 0 spiro atoms. The Labute approximate surface area is 152 Å². The molecule has 0 atom stereocenters. The van der Waals surface area contributed by atoms with E-state index in [1.165, 1.54) is 7.11 Å². The summed E-state index contributed by atoms with van der Waals surface area (Å²) in [6.45, 7) is 4.73. The maximum atomic E-state index is 12.6. The number of nitrogens with zero attached hydrogens (tertiary/aromatic N) is 1. The molecule has 0 fully saturated rings. The number of fused-ring (bicyclic) bond motifs is 1. The van der Waals surface area contributed by atoms with E-state index in [4.69, 9.17) is 9.47 Å². The number of anilines is 2. The molecule has 2 amide bonds. The van der Waals surface area contributed by atoms with Crippen LogP contribution in [0.4, 0.5) is 11.4 Å². The molecule has 2 aromatic rings. The van der Waals surface area contributed by atoms with E-state index >= 15 is 0 Å². The minimum atomic E-state index is -0.277. The molecule has 1 heterocycles. The van der Waals surface area contributed by atoms with Crippen molar-refractivity contribution in [3.8, 4) is 11.5 Å². The molecule has 0 unspecified atom stereocenters. The number of para-hydroxylation sites is 1. The molecule has 3 rings (SSSR count). The van der Waals surface area contributed by atoms with Crippen LogP contribution in [0.1, 0.15) is 24.2 Å².